The van der Waals surface area contributed by atoms with Crippen molar-refractivity contribution in [2.24, 2.45) is 11.3 Å². The van der Waals surface area contributed by atoms with Crippen LogP contribution in [0, 0.1) is 11.3 Å². The molecule has 0 fully saturated rings. The fourth-order valence-electron chi connectivity index (χ4n) is 1.49. The molecule has 16 heavy (non-hydrogen) atoms. The molecule has 0 rings (SSSR count). The molecular formula is C13H26ClNO. The van der Waals surface area contributed by atoms with E-state index < -0.39 is 0 Å². The van der Waals surface area contributed by atoms with Crippen molar-refractivity contribution in [3.8, 4) is 0 Å². The topological polar surface area (TPSA) is 29.1 Å². The Labute approximate surface area is 105 Å². The quantitative estimate of drug-likeness (QED) is 0.653. The number of amides is 1. The van der Waals surface area contributed by atoms with E-state index in [1.165, 1.54) is 0 Å². The van der Waals surface area contributed by atoms with E-state index in [0.717, 1.165) is 25.7 Å². The van der Waals surface area contributed by atoms with E-state index in [1.54, 1.807) is 0 Å². The Morgan fingerprint density at radius 3 is 2.44 bits per heavy atom. The lowest BCUT2D eigenvalue weighted by Crippen LogP contribution is -2.38. The van der Waals surface area contributed by atoms with Crippen LogP contribution in [0.3, 0.4) is 0 Å². The van der Waals surface area contributed by atoms with Gasteiger partial charge in [-0.05, 0) is 18.3 Å². The Morgan fingerprint density at radius 2 is 2.00 bits per heavy atom. The summed E-state index contributed by atoms with van der Waals surface area (Å²) in [6.45, 7) is 9.02. The molecule has 0 bridgehead atoms. The van der Waals surface area contributed by atoms with Crippen LogP contribution in [0.25, 0.3) is 0 Å². The summed E-state index contributed by atoms with van der Waals surface area (Å²) in [6, 6.07) is 0. The molecule has 96 valence electrons. The Bertz CT molecular complexity index is 204. The molecule has 0 heterocycles. The molecule has 0 aromatic carbocycles. The van der Waals surface area contributed by atoms with E-state index in [0.29, 0.717) is 12.4 Å². The van der Waals surface area contributed by atoms with Gasteiger partial charge in [-0.3, -0.25) is 4.79 Å². The fourth-order valence-corrected chi connectivity index (χ4v) is 1.58. The van der Waals surface area contributed by atoms with Crippen LogP contribution < -0.4 is 5.32 Å². The molecule has 2 nitrogen and oxygen atoms in total. The molecule has 1 unspecified atom stereocenters. The molecule has 0 aliphatic heterocycles. The molecule has 3 heteroatoms. The maximum atomic E-state index is 11.9. The third kappa shape index (κ3) is 6.37. The predicted molar refractivity (Wildman–Crippen MR) is 70.8 cm³/mol. The van der Waals surface area contributed by atoms with E-state index in [-0.39, 0.29) is 17.2 Å². The monoisotopic (exact) mass is 247 g/mol. The van der Waals surface area contributed by atoms with Gasteiger partial charge >= 0.3 is 0 Å². The van der Waals surface area contributed by atoms with E-state index in [9.17, 15) is 4.79 Å². The molecule has 1 amide bonds. The number of rotatable bonds is 8. The third-order valence-electron chi connectivity index (χ3n) is 2.87. The van der Waals surface area contributed by atoms with Crippen molar-refractivity contribution in [2.45, 2.75) is 53.4 Å². The number of alkyl halides is 1. The third-order valence-corrected chi connectivity index (χ3v) is 3.60. The number of carbonyl (C=O) groups is 1. The highest BCUT2D eigenvalue weighted by Gasteiger charge is 2.20. The predicted octanol–water partition coefficient (Wildman–Crippen LogP) is 3.58. The van der Waals surface area contributed by atoms with Crippen LogP contribution in [0.4, 0.5) is 0 Å². The standard InChI is InChI=1S/C13H26ClNO/c1-5-7-8-11(6-2)12(16)15-10-13(3,4)9-14/h11H,5-10H2,1-4H3,(H,15,16). The van der Waals surface area contributed by atoms with Crippen LogP contribution in [-0.4, -0.2) is 18.3 Å². The van der Waals surface area contributed by atoms with Crippen molar-refractivity contribution in [3.05, 3.63) is 0 Å². The number of halogens is 1. The zero-order valence-electron chi connectivity index (χ0n) is 11.1. The summed E-state index contributed by atoms with van der Waals surface area (Å²) in [6.07, 6.45) is 4.20. The summed E-state index contributed by atoms with van der Waals surface area (Å²) in [5.41, 5.74) is -0.0136. The first-order valence-electron chi connectivity index (χ1n) is 6.30. The van der Waals surface area contributed by atoms with Crippen molar-refractivity contribution in [2.75, 3.05) is 12.4 Å². The number of nitrogens with one attached hydrogen (secondary N) is 1. The molecule has 0 saturated carbocycles. The maximum Gasteiger partial charge on any atom is 0.223 e. The summed E-state index contributed by atoms with van der Waals surface area (Å²) in [5.74, 6) is 0.930. The highest BCUT2D eigenvalue weighted by atomic mass is 35.5. The summed E-state index contributed by atoms with van der Waals surface area (Å²) < 4.78 is 0. The maximum absolute atomic E-state index is 11.9. The Hall–Kier alpha value is -0.240. The first-order chi connectivity index (χ1) is 7.46. The van der Waals surface area contributed by atoms with E-state index in [1.807, 2.05) is 0 Å². The molecule has 0 aromatic heterocycles. The molecule has 0 saturated heterocycles. The molecular weight excluding hydrogens is 222 g/mol. The average Bonchev–Trinajstić information content (AvgIpc) is 2.27. The number of unbranched alkanes of at least 4 members (excludes halogenated alkanes) is 1. The largest absolute Gasteiger partial charge is 0.355 e. The van der Waals surface area contributed by atoms with Crippen LogP contribution in [0.1, 0.15) is 53.4 Å². The van der Waals surface area contributed by atoms with E-state index >= 15 is 0 Å². The molecule has 0 aromatic rings. The normalized spacial score (nSPS) is 13.6. The highest BCUT2D eigenvalue weighted by molar-refractivity contribution is 6.18. The van der Waals surface area contributed by atoms with Gasteiger partial charge < -0.3 is 5.32 Å². The van der Waals surface area contributed by atoms with Gasteiger partial charge in [-0.2, -0.15) is 0 Å². The molecule has 0 aliphatic rings. The summed E-state index contributed by atoms with van der Waals surface area (Å²) in [7, 11) is 0. The lowest BCUT2D eigenvalue weighted by Gasteiger charge is -2.23. The van der Waals surface area contributed by atoms with Gasteiger partial charge in [0.25, 0.3) is 0 Å². The molecule has 0 radical (unpaired) electrons. The van der Waals surface area contributed by atoms with Crippen LogP contribution in [0.2, 0.25) is 0 Å². The van der Waals surface area contributed by atoms with Crippen molar-refractivity contribution >= 4 is 17.5 Å². The lowest BCUT2D eigenvalue weighted by atomic mass is 9.94. The van der Waals surface area contributed by atoms with Gasteiger partial charge in [0.2, 0.25) is 5.91 Å². The molecule has 1 N–H and O–H groups in total. The summed E-state index contributed by atoms with van der Waals surface area (Å²) in [5, 5.41) is 3.01. The van der Waals surface area contributed by atoms with Gasteiger partial charge in [-0.25, -0.2) is 0 Å². The minimum atomic E-state index is -0.0136. The minimum Gasteiger partial charge on any atom is -0.355 e. The Kier molecular flexibility index (Phi) is 7.82. The average molecular weight is 248 g/mol. The SMILES string of the molecule is CCCCC(CC)C(=O)NCC(C)(C)CCl. The smallest absolute Gasteiger partial charge is 0.223 e. The fraction of sp³-hybridized carbons (Fsp3) is 0.923. The zero-order chi connectivity index (χ0) is 12.6. The van der Waals surface area contributed by atoms with Gasteiger partial charge in [-0.1, -0.05) is 40.5 Å². The highest BCUT2D eigenvalue weighted by Crippen LogP contribution is 2.17. The van der Waals surface area contributed by atoms with Gasteiger partial charge in [-0.15, -0.1) is 11.6 Å². The lowest BCUT2D eigenvalue weighted by molar-refractivity contribution is -0.125. The van der Waals surface area contributed by atoms with Crippen LogP contribution >= 0.6 is 11.6 Å². The second-order valence-electron chi connectivity index (χ2n) is 5.26. The zero-order valence-corrected chi connectivity index (χ0v) is 11.9. The van der Waals surface area contributed by atoms with Crippen molar-refractivity contribution in [3.63, 3.8) is 0 Å². The first-order valence-corrected chi connectivity index (χ1v) is 6.84. The second-order valence-corrected chi connectivity index (χ2v) is 5.53. The van der Waals surface area contributed by atoms with Gasteiger partial charge in [0.05, 0.1) is 0 Å². The Balaban J connectivity index is 4.01. The van der Waals surface area contributed by atoms with Gasteiger partial charge in [0.15, 0.2) is 0 Å². The summed E-state index contributed by atoms with van der Waals surface area (Å²) in [4.78, 5) is 11.9. The van der Waals surface area contributed by atoms with Crippen LogP contribution in [-0.2, 0) is 4.79 Å². The number of hydrogen-bond donors (Lipinski definition) is 1. The van der Waals surface area contributed by atoms with Crippen LogP contribution in [0.15, 0.2) is 0 Å². The van der Waals surface area contributed by atoms with Gasteiger partial charge in [0.1, 0.15) is 0 Å². The second kappa shape index (κ2) is 7.94. The number of carbonyl (C=O) groups excluding carboxylic acids is 1. The van der Waals surface area contributed by atoms with Crippen molar-refractivity contribution in [1.82, 2.24) is 5.32 Å². The molecule has 1 atom stereocenters. The number of hydrogen-bond acceptors (Lipinski definition) is 1. The molecule has 0 spiro atoms. The van der Waals surface area contributed by atoms with Crippen molar-refractivity contribution < 1.29 is 4.79 Å². The first kappa shape index (κ1) is 15.8. The summed E-state index contributed by atoms with van der Waals surface area (Å²) >= 11 is 5.82. The van der Waals surface area contributed by atoms with E-state index in [4.69, 9.17) is 11.6 Å². The van der Waals surface area contributed by atoms with Crippen molar-refractivity contribution in [1.29, 1.82) is 0 Å². The van der Waals surface area contributed by atoms with E-state index in [2.05, 4.69) is 33.0 Å². The van der Waals surface area contributed by atoms with Gasteiger partial charge in [0, 0.05) is 18.3 Å². The van der Waals surface area contributed by atoms with Crippen LogP contribution in [0.5, 0.6) is 0 Å². The Morgan fingerprint density at radius 1 is 1.38 bits per heavy atom. The minimum absolute atomic E-state index is 0.0136. The molecule has 0 aliphatic carbocycles.